The summed E-state index contributed by atoms with van der Waals surface area (Å²) in [5.74, 6) is 0.103. The molecule has 1 fully saturated rings. The van der Waals surface area contributed by atoms with E-state index in [1.54, 1.807) is 21.6 Å². The van der Waals surface area contributed by atoms with Gasteiger partial charge in [-0.05, 0) is 17.7 Å². The highest BCUT2D eigenvalue weighted by molar-refractivity contribution is 7.99. The second-order valence-corrected chi connectivity index (χ2v) is 7.10. The topological polar surface area (TPSA) is 67.2 Å². The molecule has 8 heteroatoms. The monoisotopic (exact) mass is 360 g/mol. The molecular formula is C17H17FN4O2S. The number of halogens is 1. The SMILES string of the molecule is O=C(c1cnc2n(c1=O)CCS2)N1CCNCC1c1cccc(F)c1. The number of rotatable bonds is 2. The van der Waals surface area contributed by atoms with Crippen LogP contribution < -0.4 is 10.9 Å². The molecule has 2 aliphatic rings. The Kier molecular flexibility index (Phi) is 4.30. The van der Waals surface area contributed by atoms with E-state index < -0.39 is 0 Å². The van der Waals surface area contributed by atoms with Crippen molar-refractivity contribution in [2.75, 3.05) is 25.4 Å². The maximum atomic E-state index is 13.6. The molecule has 1 unspecified atom stereocenters. The van der Waals surface area contributed by atoms with E-state index in [4.69, 9.17) is 0 Å². The minimum atomic E-state index is -0.347. The molecule has 0 radical (unpaired) electrons. The van der Waals surface area contributed by atoms with Crippen LogP contribution in [0.4, 0.5) is 4.39 Å². The molecule has 0 spiro atoms. The van der Waals surface area contributed by atoms with Crippen molar-refractivity contribution in [3.63, 3.8) is 0 Å². The fourth-order valence-corrected chi connectivity index (χ4v) is 4.19. The summed E-state index contributed by atoms with van der Waals surface area (Å²) in [7, 11) is 0. The average molecular weight is 360 g/mol. The molecule has 2 aliphatic heterocycles. The molecule has 130 valence electrons. The highest BCUT2D eigenvalue weighted by Gasteiger charge is 2.31. The maximum absolute atomic E-state index is 13.6. The fourth-order valence-electron chi connectivity index (χ4n) is 3.28. The Morgan fingerprint density at radius 2 is 2.24 bits per heavy atom. The molecule has 1 amide bonds. The summed E-state index contributed by atoms with van der Waals surface area (Å²) in [6, 6.07) is 5.92. The number of carbonyl (C=O) groups excluding carboxylic acids is 1. The van der Waals surface area contributed by atoms with Gasteiger partial charge in [0.05, 0.1) is 6.04 Å². The highest BCUT2D eigenvalue weighted by atomic mass is 32.2. The first-order valence-electron chi connectivity index (χ1n) is 8.15. The first-order valence-corrected chi connectivity index (χ1v) is 9.13. The van der Waals surface area contributed by atoms with Crippen molar-refractivity contribution in [2.24, 2.45) is 0 Å². The minimum absolute atomic E-state index is 0.0783. The van der Waals surface area contributed by atoms with E-state index in [9.17, 15) is 14.0 Å². The molecule has 1 aromatic heterocycles. The number of amides is 1. The smallest absolute Gasteiger partial charge is 0.267 e. The van der Waals surface area contributed by atoms with E-state index in [1.165, 1.54) is 30.1 Å². The zero-order valence-corrected chi connectivity index (χ0v) is 14.3. The number of aromatic nitrogens is 2. The number of nitrogens with one attached hydrogen (secondary N) is 1. The Balaban J connectivity index is 1.69. The predicted molar refractivity (Wildman–Crippen MR) is 92.3 cm³/mol. The third kappa shape index (κ3) is 2.96. The van der Waals surface area contributed by atoms with Crippen molar-refractivity contribution in [2.45, 2.75) is 17.7 Å². The number of hydrogen-bond acceptors (Lipinski definition) is 5. The average Bonchev–Trinajstić information content (AvgIpc) is 3.11. The number of fused-ring (bicyclic) bond motifs is 1. The third-order valence-electron chi connectivity index (χ3n) is 4.52. The fraction of sp³-hybridized carbons (Fsp3) is 0.353. The van der Waals surface area contributed by atoms with Gasteiger partial charge in [0.25, 0.3) is 11.5 Å². The van der Waals surface area contributed by atoms with Gasteiger partial charge in [0.1, 0.15) is 11.4 Å². The van der Waals surface area contributed by atoms with E-state index in [1.807, 2.05) is 0 Å². The van der Waals surface area contributed by atoms with Gasteiger partial charge in [0, 0.05) is 38.1 Å². The van der Waals surface area contributed by atoms with Crippen LogP contribution in [0.3, 0.4) is 0 Å². The van der Waals surface area contributed by atoms with Crippen LogP contribution in [0.15, 0.2) is 40.4 Å². The van der Waals surface area contributed by atoms with Crippen LogP contribution in [-0.2, 0) is 6.54 Å². The van der Waals surface area contributed by atoms with Crippen LogP contribution >= 0.6 is 11.8 Å². The number of hydrogen-bond donors (Lipinski definition) is 1. The lowest BCUT2D eigenvalue weighted by Gasteiger charge is -2.36. The normalized spacial score (nSPS) is 19.7. The molecule has 2 aromatic rings. The molecule has 1 aromatic carbocycles. The van der Waals surface area contributed by atoms with Crippen molar-refractivity contribution in [3.8, 4) is 0 Å². The van der Waals surface area contributed by atoms with Gasteiger partial charge in [-0.1, -0.05) is 23.9 Å². The van der Waals surface area contributed by atoms with Crippen LogP contribution in [0, 0.1) is 5.82 Å². The van der Waals surface area contributed by atoms with Crippen LogP contribution in [0.1, 0.15) is 22.0 Å². The van der Waals surface area contributed by atoms with Gasteiger partial charge in [-0.2, -0.15) is 0 Å². The van der Waals surface area contributed by atoms with Crippen LogP contribution in [0.2, 0.25) is 0 Å². The molecular weight excluding hydrogens is 343 g/mol. The number of nitrogens with zero attached hydrogens (tertiary/aromatic N) is 3. The Morgan fingerprint density at radius 3 is 3.08 bits per heavy atom. The molecule has 0 saturated carbocycles. The van der Waals surface area contributed by atoms with Gasteiger partial charge in [0.2, 0.25) is 0 Å². The molecule has 0 bridgehead atoms. The second kappa shape index (κ2) is 6.61. The van der Waals surface area contributed by atoms with E-state index >= 15 is 0 Å². The van der Waals surface area contributed by atoms with Crippen molar-refractivity contribution in [1.82, 2.24) is 19.8 Å². The summed E-state index contributed by atoms with van der Waals surface area (Å²) in [5, 5.41) is 3.88. The van der Waals surface area contributed by atoms with E-state index in [0.717, 1.165) is 5.75 Å². The highest BCUT2D eigenvalue weighted by Crippen LogP contribution is 2.25. The number of piperazine rings is 1. The summed E-state index contributed by atoms with van der Waals surface area (Å²) < 4.78 is 15.2. The summed E-state index contributed by atoms with van der Waals surface area (Å²) in [5.41, 5.74) is 0.497. The van der Waals surface area contributed by atoms with Gasteiger partial charge >= 0.3 is 0 Å². The Labute approximate surface area is 148 Å². The summed E-state index contributed by atoms with van der Waals surface area (Å²) >= 11 is 1.51. The van der Waals surface area contributed by atoms with Crippen LogP contribution in [-0.4, -0.2) is 45.7 Å². The molecule has 1 N–H and O–H groups in total. The number of thioether (sulfide) groups is 1. The van der Waals surface area contributed by atoms with E-state index in [2.05, 4.69) is 10.3 Å². The molecule has 25 heavy (non-hydrogen) atoms. The molecule has 1 atom stereocenters. The van der Waals surface area contributed by atoms with Crippen molar-refractivity contribution >= 4 is 17.7 Å². The molecule has 6 nitrogen and oxygen atoms in total. The van der Waals surface area contributed by atoms with Gasteiger partial charge in [-0.3, -0.25) is 14.2 Å². The van der Waals surface area contributed by atoms with Gasteiger partial charge < -0.3 is 10.2 Å². The summed E-state index contributed by atoms with van der Waals surface area (Å²) in [4.78, 5) is 31.6. The van der Waals surface area contributed by atoms with Crippen molar-refractivity contribution in [1.29, 1.82) is 0 Å². The zero-order valence-electron chi connectivity index (χ0n) is 13.4. The lowest BCUT2D eigenvalue weighted by molar-refractivity contribution is 0.0630. The van der Waals surface area contributed by atoms with Crippen LogP contribution in [0.5, 0.6) is 0 Å². The molecule has 3 heterocycles. The van der Waals surface area contributed by atoms with Crippen LogP contribution in [0.25, 0.3) is 0 Å². The Morgan fingerprint density at radius 1 is 1.36 bits per heavy atom. The summed E-state index contributed by atoms with van der Waals surface area (Å²) in [6.07, 6.45) is 1.37. The van der Waals surface area contributed by atoms with Gasteiger partial charge in [-0.25, -0.2) is 9.37 Å². The zero-order chi connectivity index (χ0) is 17.4. The standard InChI is InChI=1S/C17H17FN4O2S/c18-12-3-1-2-11(8-12)14-10-19-4-5-21(14)15(23)13-9-20-17-22(16(13)24)6-7-25-17/h1-3,8-9,14,19H,4-7,10H2. The summed E-state index contributed by atoms with van der Waals surface area (Å²) in [6.45, 7) is 2.18. The first-order chi connectivity index (χ1) is 12.1. The molecule has 0 aliphatic carbocycles. The predicted octanol–water partition coefficient (Wildman–Crippen LogP) is 1.27. The third-order valence-corrected chi connectivity index (χ3v) is 5.50. The van der Waals surface area contributed by atoms with Gasteiger partial charge in [0.15, 0.2) is 5.16 Å². The quantitative estimate of drug-likeness (QED) is 0.817. The first kappa shape index (κ1) is 16.3. The van der Waals surface area contributed by atoms with E-state index in [-0.39, 0.29) is 28.9 Å². The van der Waals surface area contributed by atoms with Crippen molar-refractivity contribution in [3.05, 3.63) is 57.8 Å². The number of carbonyl (C=O) groups is 1. The minimum Gasteiger partial charge on any atom is -0.329 e. The Bertz CT molecular complexity index is 885. The van der Waals surface area contributed by atoms with E-state index in [0.29, 0.717) is 36.9 Å². The lowest BCUT2D eigenvalue weighted by atomic mass is 10.0. The molecule has 4 rings (SSSR count). The lowest BCUT2D eigenvalue weighted by Crippen LogP contribution is -2.50. The number of benzene rings is 1. The molecule has 1 saturated heterocycles. The Hall–Kier alpha value is -2.19. The largest absolute Gasteiger partial charge is 0.329 e. The second-order valence-electron chi connectivity index (χ2n) is 6.03. The maximum Gasteiger partial charge on any atom is 0.267 e. The van der Waals surface area contributed by atoms with Gasteiger partial charge in [-0.15, -0.1) is 0 Å². The van der Waals surface area contributed by atoms with Crippen molar-refractivity contribution < 1.29 is 9.18 Å².